The van der Waals surface area contributed by atoms with Crippen LogP contribution in [0.5, 0.6) is 0 Å². The Hall–Kier alpha value is -0.275. The highest BCUT2D eigenvalue weighted by Crippen LogP contribution is 2.08. The van der Waals surface area contributed by atoms with Gasteiger partial charge in [0.25, 0.3) is 0 Å². The Labute approximate surface area is 98.0 Å². The van der Waals surface area contributed by atoms with E-state index < -0.39 is 0 Å². The van der Waals surface area contributed by atoms with E-state index in [1.165, 1.54) is 17.6 Å². The molecule has 0 atom stereocenters. The average Bonchev–Trinajstić information content (AvgIpc) is 2.71. The topological polar surface area (TPSA) is 9.23 Å². The first-order valence-electron chi connectivity index (χ1n) is 5.89. The fourth-order valence-electron chi connectivity index (χ4n) is 1.48. The molecule has 15 heavy (non-hydrogen) atoms. The van der Waals surface area contributed by atoms with Crippen LogP contribution < -0.4 is 4.78 Å². The molecule has 0 unspecified atom stereocenters. The molecular formula is C12H21BOS. The quantitative estimate of drug-likeness (QED) is 0.645. The summed E-state index contributed by atoms with van der Waals surface area (Å²) in [5, 5.41) is 2.13. The average molecular weight is 224 g/mol. The van der Waals surface area contributed by atoms with Gasteiger partial charge in [-0.05, 0) is 17.6 Å². The predicted octanol–water partition coefficient (Wildman–Crippen LogP) is 3.42. The molecule has 0 saturated heterocycles. The van der Waals surface area contributed by atoms with Gasteiger partial charge in [0.2, 0.25) is 0 Å². The molecule has 84 valence electrons. The zero-order valence-corrected chi connectivity index (χ0v) is 10.8. The summed E-state index contributed by atoms with van der Waals surface area (Å²) in [6.45, 7) is 7.82. The summed E-state index contributed by atoms with van der Waals surface area (Å²) in [4.78, 5) is 0. The van der Waals surface area contributed by atoms with Crippen molar-refractivity contribution in [3.05, 3.63) is 17.5 Å². The van der Waals surface area contributed by atoms with E-state index in [1.807, 2.05) is 11.3 Å². The molecule has 1 nitrogen and oxygen atoms in total. The highest BCUT2D eigenvalue weighted by Gasteiger charge is 2.19. The van der Waals surface area contributed by atoms with E-state index in [1.54, 1.807) is 0 Å². The molecule has 0 aromatic carbocycles. The van der Waals surface area contributed by atoms with Crippen LogP contribution in [0.1, 0.15) is 33.6 Å². The molecular weight excluding hydrogens is 203 g/mol. The van der Waals surface area contributed by atoms with E-state index in [0.29, 0.717) is 12.8 Å². The highest BCUT2D eigenvalue weighted by molar-refractivity contribution is 7.21. The van der Waals surface area contributed by atoms with Crippen LogP contribution in [0.4, 0.5) is 0 Å². The second-order valence-corrected chi connectivity index (χ2v) is 5.35. The number of unbranched alkanes of at least 4 members (excludes halogenated alkanes) is 1. The maximum atomic E-state index is 5.96. The lowest BCUT2D eigenvalue weighted by molar-refractivity contribution is 0.276. The van der Waals surface area contributed by atoms with E-state index in [9.17, 15) is 0 Å². The molecule has 0 fully saturated rings. The SMILES string of the molecule is CCCCB(OCC(C)C)c1cccs1. The fraction of sp³-hybridized carbons (Fsp3) is 0.667. The van der Waals surface area contributed by atoms with Crippen molar-refractivity contribution in [3.8, 4) is 0 Å². The fourth-order valence-corrected chi connectivity index (χ4v) is 2.29. The van der Waals surface area contributed by atoms with Crippen LogP contribution in [0.2, 0.25) is 6.32 Å². The van der Waals surface area contributed by atoms with Crippen LogP contribution in [0, 0.1) is 5.92 Å². The third kappa shape index (κ3) is 4.85. The van der Waals surface area contributed by atoms with E-state index in [4.69, 9.17) is 4.65 Å². The second kappa shape index (κ2) is 7.07. The normalized spacial score (nSPS) is 10.9. The summed E-state index contributed by atoms with van der Waals surface area (Å²) >= 11 is 1.81. The van der Waals surface area contributed by atoms with Crippen molar-refractivity contribution in [2.45, 2.75) is 39.9 Å². The van der Waals surface area contributed by atoms with Crippen molar-refractivity contribution < 1.29 is 4.65 Å². The number of hydrogen-bond donors (Lipinski definition) is 0. The summed E-state index contributed by atoms with van der Waals surface area (Å²) in [5.41, 5.74) is 0. The summed E-state index contributed by atoms with van der Waals surface area (Å²) < 4.78 is 7.34. The number of hydrogen-bond acceptors (Lipinski definition) is 2. The smallest absolute Gasteiger partial charge is 0.336 e. The van der Waals surface area contributed by atoms with Gasteiger partial charge in [0.15, 0.2) is 0 Å². The molecule has 1 aromatic rings. The number of rotatable bonds is 7. The largest absolute Gasteiger partial charge is 0.430 e. The molecule has 0 aliphatic carbocycles. The Balaban J connectivity index is 2.46. The summed E-state index contributed by atoms with van der Waals surface area (Å²) in [7, 11) is 0. The van der Waals surface area contributed by atoms with Crippen LogP contribution in [0.25, 0.3) is 0 Å². The lowest BCUT2D eigenvalue weighted by Crippen LogP contribution is -2.32. The summed E-state index contributed by atoms with van der Waals surface area (Å²) in [5.74, 6) is 0.620. The minimum absolute atomic E-state index is 0.326. The van der Waals surface area contributed by atoms with E-state index in [0.717, 1.165) is 12.9 Å². The zero-order chi connectivity index (χ0) is 11.1. The molecule has 0 bridgehead atoms. The van der Waals surface area contributed by atoms with Gasteiger partial charge in [0.05, 0.1) is 0 Å². The third-order valence-corrected chi connectivity index (χ3v) is 3.28. The lowest BCUT2D eigenvalue weighted by Gasteiger charge is -2.14. The molecule has 1 rings (SSSR count). The number of thiophene rings is 1. The monoisotopic (exact) mass is 224 g/mol. The van der Waals surface area contributed by atoms with Crippen LogP contribution in [-0.2, 0) is 4.65 Å². The summed E-state index contributed by atoms with van der Waals surface area (Å²) in [6, 6.07) is 4.29. The second-order valence-electron chi connectivity index (χ2n) is 4.37. The minimum Gasteiger partial charge on any atom is -0.430 e. The Morgan fingerprint density at radius 1 is 1.47 bits per heavy atom. The Morgan fingerprint density at radius 3 is 2.80 bits per heavy atom. The molecule has 0 aliphatic heterocycles. The van der Waals surface area contributed by atoms with Crippen LogP contribution >= 0.6 is 11.3 Å². The van der Waals surface area contributed by atoms with Gasteiger partial charge in [-0.2, -0.15) is 11.3 Å². The van der Waals surface area contributed by atoms with Gasteiger partial charge in [-0.3, -0.25) is 0 Å². The van der Waals surface area contributed by atoms with Gasteiger partial charge in [0, 0.05) is 11.4 Å². The molecule has 1 heterocycles. The molecule has 0 amide bonds. The Bertz CT molecular complexity index is 246. The van der Waals surface area contributed by atoms with E-state index >= 15 is 0 Å². The first-order valence-corrected chi connectivity index (χ1v) is 6.77. The van der Waals surface area contributed by atoms with Crippen molar-refractivity contribution in [3.63, 3.8) is 0 Å². The maximum absolute atomic E-state index is 5.96. The molecule has 1 aromatic heterocycles. The maximum Gasteiger partial charge on any atom is 0.336 e. The first kappa shape index (κ1) is 12.8. The third-order valence-electron chi connectivity index (χ3n) is 2.31. The lowest BCUT2D eigenvalue weighted by atomic mass is 9.62. The first-order chi connectivity index (χ1) is 7.24. The van der Waals surface area contributed by atoms with Crippen molar-refractivity contribution in [1.29, 1.82) is 0 Å². The molecule has 0 spiro atoms. The van der Waals surface area contributed by atoms with E-state index in [2.05, 4.69) is 38.3 Å². The van der Waals surface area contributed by atoms with Crippen molar-refractivity contribution in [2.75, 3.05) is 6.61 Å². The van der Waals surface area contributed by atoms with Gasteiger partial charge in [0.1, 0.15) is 0 Å². The van der Waals surface area contributed by atoms with Gasteiger partial charge in [-0.25, -0.2) is 0 Å². The molecule has 0 radical (unpaired) electrons. The summed E-state index contributed by atoms with van der Waals surface area (Å²) in [6.07, 6.45) is 3.65. The standard InChI is InChI=1S/C12H21BOS/c1-4-5-8-13(14-10-11(2)3)12-7-6-9-15-12/h6-7,9,11H,4-5,8,10H2,1-3H3. The highest BCUT2D eigenvalue weighted by atomic mass is 32.1. The molecule has 3 heteroatoms. The van der Waals surface area contributed by atoms with Crippen molar-refractivity contribution >= 4 is 23.0 Å². The van der Waals surface area contributed by atoms with Gasteiger partial charge in [-0.1, -0.05) is 45.7 Å². The molecule has 0 aliphatic rings. The zero-order valence-electron chi connectivity index (χ0n) is 10.0. The minimum atomic E-state index is 0.326. The van der Waals surface area contributed by atoms with Crippen molar-refractivity contribution in [2.24, 2.45) is 5.92 Å². The van der Waals surface area contributed by atoms with Gasteiger partial charge >= 0.3 is 6.92 Å². The molecule has 0 saturated carbocycles. The van der Waals surface area contributed by atoms with Gasteiger partial charge in [-0.15, -0.1) is 0 Å². The predicted molar refractivity (Wildman–Crippen MR) is 70.2 cm³/mol. The van der Waals surface area contributed by atoms with Crippen LogP contribution in [0.15, 0.2) is 17.5 Å². The van der Waals surface area contributed by atoms with E-state index in [-0.39, 0.29) is 0 Å². The Morgan fingerprint density at radius 2 is 2.27 bits per heavy atom. The van der Waals surface area contributed by atoms with Crippen molar-refractivity contribution in [1.82, 2.24) is 0 Å². The molecule has 0 N–H and O–H groups in total. The van der Waals surface area contributed by atoms with Gasteiger partial charge < -0.3 is 4.65 Å². The van der Waals surface area contributed by atoms with Crippen LogP contribution in [-0.4, -0.2) is 13.5 Å². The van der Waals surface area contributed by atoms with Crippen LogP contribution in [0.3, 0.4) is 0 Å². The Kier molecular flexibility index (Phi) is 6.03.